The first kappa shape index (κ1) is 15.4. The molecule has 0 radical (unpaired) electrons. The van der Waals surface area contributed by atoms with Gasteiger partial charge in [0.15, 0.2) is 0 Å². The lowest BCUT2D eigenvalue weighted by molar-refractivity contribution is 0.0762. The molecule has 0 fully saturated rings. The van der Waals surface area contributed by atoms with E-state index in [4.69, 9.17) is 4.74 Å². The van der Waals surface area contributed by atoms with Gasteiger partial charge in [-0.1, -0.05) is 44.6 Å². The summed E-state index contributed by atoms with van der Waals surface area (Å²) in [6, 6.07) is 0. The van der Waals surface area contributed by atoms with Gasteiger partial charge in [0, 0.05) is 6.61 Å². The number of rotatable bonds is 10. The Morgan fingerprint density at radius 1 is 1.12 bits per heavy atom. The molecule has 0 aromatic carbocycles. The summed E-state index contributed by atoms with van der Waals surface area (Å²) < 4.78 is 5.82. The summed E-state index contributed by atoms with van der Waals surface area (Å²) in [4.78, 5) is 0. The van der Waals surface area contributed by atoms with Crippen molar-refractivity contribution >= 4 is 0 Å². The minimum Gasteiger partial charge on any atom is -0.374 e. The quantitative estimate of drug-likeness (QED) is 0.379. The summed E-state index contributed by atoms with van der Waals surface area (Å²) >= 11 is 0. The van der Waals surface area contributed by atoms with E-state index in [-0.39, 0.29) is 0 Å². The van der Waals surface area contributed by atoms with Crippen molar-refractivity contribution < 1.29 is 4.74 Å². The second kappa shape index (κ2) is 12.5. The molecule has 0 aliphatic rings. The van der Waals surface area contributed by atoms with E-state index in [0.717, 1.165) is 19.4 Å². The maximum absolute atomic E-state index is 5.82. The van der Waals surface area contributed by atoms with Crippen molar-refractivity contribution in [2.24, 2.45) is 0 Å². The summed E-state index contributed by atoms with van der Waals surface area (Å²) in [6.45, 7) is 7.33. The molecule has 0 spiro atoms. The summed E-state index contributed by atoms with van der Waals surface area (Å²) in [6.07, 6.45) is 16.2. The maximum atomic E-state index is 5.82. The zero-order valence-electron chi connectivity index (χ0n) is 11.2. The van der Waals surface area contributed by atoms with E-state index < -0.39 is 0 Å². The van der Waals surface area contributed by atoms with Gasteiger partial charge in [0.05, 0.1) is 6.10 Å². The van der Waals surface area contributed by atoms with Crippen molar-refractivity contribution in [3.05, 3.63) is 24.3 Å². The number of ether oxygens (including phenoxy) is 1. The molecule has 0 heterocycles. The third-order valence-electron chi connectivity index (χ3n) is 2.48. The Morgan fingerprint density at radius 3 is 2.56 bits per heavy atom. The van der Waals surface area contributed by atoms with E-state index >= 15 is 0 Å². The molecule has 0 saturated heterocycles. The van der Waals surface area contributed by atoms with E-state index in [2.05, 4.69) is 45.1 Å². The molecule has 0 bridgehead atoms. The van der Waals surface area contributed by atoms with Crippen LogP contribution in [0.2, 0.25) is 0 Å². The second-order valence-corrected chi connectivity index (χ2v) is 4.10. The van der Waals surface area contributed by atoms with Gasteiger partial charge in [0.2, 0.25) is 0 Å². The molecule has 0 amide bonds. The molecule has 1 unspecified atom stereocenters. The first-order valence-electron chi connectivity index (χ1n) is 6.74. The van der Waals surface area contributed by atoms with Gasteiger partial charge in [-0.3, -0.25) is 0 Å². The van der Waals surface area contributed by atoms with Crippen LogP contribution in [0.1, 0.15) is 59.3 Å². The second-order valence-electron chi connectivity index (χ2n) is 4.10. The molecule has 1 atom stereocenters. The average Bonchev–Trinajstić information content (AvgIpc) is 2.28. The minimum absolute atomic E-state index is 0.334. The molecule has 0 rings (SSSR count). The van der Waals surface area contributed by atoms with Gasteiger partial charge in [-0.25, -0.2) is 0 Å². The molecular weight excluding hydrogens is 196 g/mol. The molecule has 0 aromatic rings. The molecule has 0 N–H and O–H groups in total. The lowest BCUT2D eigenvalue weighted by atomic mass is 10.2. The fraction of sp³-hybridized carbons (Fsp3) is 0.733. The summed E-state index contributed by atoms with van der Waals surface area (Å²) in [5, 5.41) is 0. The van der Waals surface area contributed by atoms with Crippen molar-refractivity contribution in [3.63, 3.8) is 0 Å². The summed E-state index contributed by atoms with van der Waals surface area (Å²) in [5.41, 5.74) is 0. The highest BCUT2D eigenvalue weighted by atomic mass is 16.5. The van der Waals surface area contributed by atoms with Crippen molar-refractivity contribution in [2.75, 3.05) is 6.61 Å². The molecule has 16 heavy (non-hydrogen) atoms. The Bertz CT molecular complexity index is 182. The van der Waals surface area contributed by atoms with Gasteiger partial charge in [0.25, 0.3) is 0 Å². The standard InChI is InChI=1S/C15H28O/c1-4-7-8-9-10-11-14-16-15(12-5-2)13-6-3/h5,7-8,12,15H,4,6,9-11,13-14H2,1-3H3. The molecule has 0 saturated carbocycles. The van der Waals surface area contributed by atoms with Gasteiger partial charge >= 0.3 is 0 Å². The topological polar surface area (TPSA) is 9.23 Å². The Kier molecular flexibility index (Phi) is 12.1. The normalized spacial score (nSPS) is 13.9. The molecule has 0 aliphatic carbocycles. The molecule has 1 nitrogen and oxygen atoms in total. The van der Waals surface area contributed by atoms with E-state index in [9.17, 15) is 0 Å². The lowest BCUT2D eigenvalue weighted by Crippen LogP contribution is -2.10. The Balaban J connectivity index is 3.43. The SMILES string of the molecule is CC=CC(CCC)OCCCCC=CCC. The summed E-state index contributed by atoms with van der Waals surface area (Å²) in [7, 11) is 0. The predicted molar refractivity (Wildman–Crippen MR) is 72.7 cm³/mol. The molecule has 94 valence electrons. The van der Waals surface area contributed by atoms with Gasteiger partial charge in [0.1, 0.15) is 0 Å². The highest BCUT2D eigenvalue weighted by Crippen LogP contribution is 2.06. The Labute approximate surface area is 102 Å². The first-order valence-corrected chi connectivity index (χ1v) is 6.74. The number of hydrogen-bond acceptors (Lipinski definition) is 1. The smallest absolute Gasteiger partial charge is 0.0755 e. The van der Waals surface area contributed by atoms with Crippen molar-refractivity contribution in [1.29, 1.82) is 0 Å². The van der Waals surface area contributed by atoms with Crippen LogP contribution in [0.5, 0.6) is 0 Å². The van der Waals surface area contributed by atoms with E-state index in [0.29, 0.717) is 6.10 Å². The van der Waals surface area contributed by atoms with E-state index in [1.54, 1.807) is 0 Å². The van der Waals surface area contributed by atoms with E-state index in [1.807, 2.05) is 0 Å². The number of hydrogen-bond donors (Lipinski definition) is 0. The third kappa shape index (κ3) is 9.97. The Hall–Kier alpha value is -0.560. The van der Waals surface area contributed by atoms with E-state index in [1.165, 1.54) is 25.7 Å². The number of allylic oxidation sites excluding steroid dienone is 3. The fourth-order valence-electron chi connectivity index (χ4n) is 1.62. The highest BCUT2D eigenvalue weighted by molar-refractivity contribution is 4.86. The number of unbranched alkanes of at least 4 members (excludes halogenated alkanes) is 2. The predicted octanol–water partition coefficient (Wildman–Crippen LogP) is 4.88. The van der Waals surface area contributed by atoms with Crippen LogP contribution in [-0.2, 0) is 4.74 Å². The van der Waals surface area contributed by atoms with Crippen LogP contribution in [0.15, 0.2) is 24.3 Å². The molecule has 1 heteroatoms. The zero-order chi connectivity index (χ0) is 12.1. The molecule has 0 aliphatic heterocycles. The first-order chi connectivity index (χ1) is 7.85. The molecular formula is C15H28O. The largest absolute Gasteiger partial charge is 0.374 e. The van der Waals surface area contributed by atoms with Crippen molar-refractivity contribution in [2.45, 2.75) is 65.4 Å². The van der Waals surface area contributed by atoms with Crippen LogP contribution >= 0.6 is 0 Å². The lowest BCUT2D eigenvalue weighted by Gasteiger charge is -2.12. The van der Waals surface area contributed by atoms with Crippen LogP contribution < -0.4 is 0 Å². The maximum Gasteiger partial charge on any atom is 0.0755 e. The minimum atomic E-state index is 0.334. The molecule has 0 aromatic heterocycles. The average molecular weight is 224 g/mol. The van der Waals surface area contributed by atoms with Crippen LogP contribution in [-0.4, -0.2) is 12.7 Å². The Morgan fingerprint density at radius 2 is 1.94 bits per heavy atom. The van der Waals surface area contributed by atoms with Crippen LogP contribution in [0.25, 0.3) is 0 Å². The monoisotopic (exact) mass is 224 g/mol. The van der Waals surface area contributed by atoms with Gasteiger partial charge < -0.3 is 4.74 Å². The summed E-state index contributed by atoms with van der Waals surface area (Å²) in [5.74, 6) is 0. The van der Waals surface area contributed by atoms with Crippen molar-refractivity contribution in [1.82, 2.24) is 0 Å². The van der Waals surface area contributed by atoms with Gasteiger partial charge in [-0.15, -0.1) is 0 Å². The third-order valence-corrected chi connectivity index (χ3v) is 2.48. The van der Waals surface area contributed by atoms with Crippen LogP contribution in [0.4, 0.5) is 0 Å². The van der Waals surface area contributed by atoms with Crippen LogP contribution in [0.3, 0.4) is 0 Å². The fourth-order valence-corrected chi connectivity index (χ4v) is 1.62. The highest BCUT2D eigenvalue weighted by Gasteiger charge is 2.01. The van der Waals surface area contributed by atoms with Gasteiger partial charge in [-0.2, -0.15) is 0 Å². The van der Waals surface area contributed by atoms with Crippen molar-refractivity contribution in [3.8, 4) is 0 Å². The van der Waals surface area contributed by atoms with Gasteiger partial charge in [-0.05, 0) is 39.0 Å². The van der Waals surface area contributed by atoms with Crippen LogP contribution in [0, 0.1) is 0 Å². The zero-order valence-corrected chi connectivity index (χ0v) is 11.2.